The van der Waals surface area contributed by atoms with Crippen LogP contribution in [-0.2, 0) is 4.79 Å². The molecule has 0 bridgehead atoms. The number of carbonyl (C=O) groups is 1. The van der Waals surface area contributed by atoms with Crippen molar-refractivity contribution in [1.82, 2.24) is 4.98 Å². The van der Waals surface area contributed by atoms with Crippen molar-refractivity contribution in [2.75, 3.05) is 0 Å². The fraction of sp³-hybridized carbons (Fsp3) is 0.231. The van der Waals surface area contributed by atoms with Crippen LogP contribution in [-0.4, -0.2) is 21.3 Å². The van der Waals surface area contributed by atoms with Gasteiger partial charge in [-0.1, -0.05) is 22.9 Å². The van der Waals surface area contributed by atoms with Crippen LogP contribution < -0.4 is 0 Å². The number of aromatic nitrogens is 1. The zero-order valence-corrected chi connectivity index (χ0v) is 12.2. The van der Waals surface area contributed by atoms with Crippen LogP contribution in [0.25, 0.3) is 10.9 Å². The molecule has 5 heteroatoms. The lowest BCUT2D eigenvalue weighted by molar-refractivity contribution is -0.136. The second-order valence-corrected chi connectivity index (χ2v) is 5.98. The van der Waals surface area contributed by atoms with Gasteiger partial charge in [0.2, 0.25) is 0 Å². The average molecular weight is 326 g/mol. The van der Waals surface area contributed by atoms with Gasteiger partial charge in [-0.2, -0.15) is 0 Å². The fourth-order valence-corrected chi connectivity index (χ4v) is 3.02. The summed E-state index contributed by atoms with van der Waals surface area (Å²) >= 11 is 4.80. The summed E-state index contributed by atoms with van der Waals surface area (Å²) in [5.74, 6) is -0.776. The molecule has 2 aromatic rings. The second-order valence-electron chi connectivity index (χ2n) is 3.82. The Balaban J connectivity index is 2.44. The standard InChI is InChI=1S/C13H12BrNO2S/c1-2-11(13(16)17)18-12-5-6-15-10-4-3-8(14)7-9(10)12/h3-7,11H,2H2,1H3,(H,16,17). The smallest absolute Gasteiger partial charge is 0.316 e. The topological polar surface area (TPSA) is 50.2 Å². The molecule has 1 aromatic heterocycles. The summed E-state index contributed by atoms with van der Waals surface area (Å²) in [6.07, 6.45) is 2.31. The zero-order chi connectivity index (χ0) is 13.1. The van der Waals surface area contributed by atoms with E-state index in [9.17, 15) is 4.79 Å². The van der Waals surface area contributed by atoms with Crippen LogP contribution in [0.15, 0.2) is 39.8 Å². The largest absolute Gasteiger partial charge is 0.480 e. The quantitative estimate of drug-likeness (QED) is 0.864. The van der Waals surface area contributed by atoms with Crippen molar-refractivity contribution in [3.63, 3.8) is 0 Å². The first-order chi connectivity index (χ1) is 8.61. The number of nitrogens with zero attached hydrogens (tertiary/aromatic N) is 1. The van der Waals surface area contributed by atoms with Crippen LogP contribution in [0.4, 0.5) is 0 Å². The Labute approximate surface area is 118 Å². The molecule has 1 atom stereocenters. The molecule has 0 spiro atoms. The Morgan fingerprint density at radius 1 is 1.50 bits per heavy atom. The van der Waals surface area contributed by atoms with Crippen LogP contribution in [0.1, 0.15) is 13.3 Å². The number of carboxylic acids is 1. The van der Waals surface area contributed by atoms with Gasteiger partial charge < -0.3 is 5.11 Å². The van der Waals surface area contributed by atoms with Crippen molar-refractivity contribution in [1.29, 1.82) is 0 Å². The number of thioether (sulfide) groups is 1. The minimum absolute atomic E-state index is 0.422. The van der Waals surface area contributed by atoms with Crippen molar-refractivity contribution < 1.29 is 9.90 Å². The van der Waals surface area contributed by atoms with Gasteiger partial charge in [-0.05, 0) is 30.7 Å². The SMILES string of the molecule is CCC(Sc1ccnc2ccc(Br)cc12)C(=O)O. The molecule has 0 aliphatic carbocycles. The van der Waals surface area contributed by atoms with Crippen LogP contribution >= 0.6 is 27.7 Å². The molecule has 0 aliphatic heterocycles. The first-order valence-corrected chi connectivity index (χ1v) is 7.23. The van der Waals surface area contributed by atoms with Crippen molar-refractivity contribution in [2.24, 2.45) is 0 Å². The van der Waals surface area contributed by atoms with E-state index in [1.165, 1.54) is 11.8 Å². The van der Waals surface area contributed by atoms with E-state index < -0.39 is 11.2 Å². The summed E-state index contributed by atoms with van der Waals surface area (Å²) in [5.41, 5.74) is 0.878. The van der Waals surface area contributed by atoms with Gasteiger partial charge in [0.25, 0.3) is 0 Å². The maximum atomic E-state index is 11.1. The molecule has 1 aromatic carbocycles. The Morgan fingerprint density at radius 3 is 2.94 bits per heavy atom. The summed E-state index contributed by atoms with van der Waals surface area (Å²) in [6, 6.07) is 7.69. The van der Waals surface area contributed by atoms with E-state index in [0.29, 0.717) is 6.42 Å². The normalized spacial score (nSPS) is 12.6. The fourth-order valence-electron chi connectivity index (χ4n) is 1.66. The molecule has 0 amide bonds. The van der Waals surface area contributed by atoms with Crippen LogP contribution in [0.2, 0.25) is 0 Å². The number of hydrogen-bond donors (Lipinski definition) is 1. The molecule has 1 N–H and O–H groups in total. The number of benzene rings is 1. The van der Waals surface area contributed by atoms with Crippen molar-refractivity contribution >= 4 is 44.6 Å². The third-order valence-corrected chi connectivity index (χ3v) is 4.50. The van der Waals surface area contributed by atoms with E-state index in [2.05, 4.69) is 20.9 Å². The van der Waals surface area contributed by atoms with E-state index >= 15 is 0 Å². The van der Waals surface area contributed by atoms with Crippen LogP contribution in [0, 0.1) is 0 Å². The van der Waals surface area contributed by atoms with Crippen molar-refractivity contribution in [3.05, 3.63) is 34.9 Å². The molecule has 0 saturated heterocycles. The lowest BCUT2D eigenvalue weighted by atomic mass is 10.2. The molecule has 0 radical (unpaired) electrons. The number of pyridine rings is 1. The highest BCUT2D eigenvalue weighted by molar-refractivity contribution is 9.10. The minimum atomic E-state index is -0.776. The number of aliphatic carboxylic acids is 1. The molecule has 94 valence electrons. The van der Waals surface area contributed by atoms with E-state index in [0.717, 1.165) is 20.3 Å². The monoisotopic (exact) mass is 325 g/mol. The highest BCUT2D eigenvalue weighted by Gasteiger charge is 2.17. The molecular formula is C13H12BrNO2S. The summed E-state index contributed by atoms with van der Waals surface area (Å²) in [5, 5.41) is 9.68. The van der Waals surface area contributed by atoms with Crippen LogP contribution in [0.3, 0.4) is 0 Å². The number of fused-ring (bicyclic) bond motifs is 1. The summed E-state index contributed by atoms with van der Waals surface area (Å²) < 4.78 is 0.966. The molecule has 1 unspecified atom stereocenters. The second kappa shape index (κ2) is 5.71. The number of hydrogen-bond acceptors (Lipinski definition) is 3. The molecule has 0 fully saturated rings. The molecule has 18 heavy (non-hydrogen) atoms. The molecular weight excluding hydrogens is 314 g/mol. The van der Waals surface area contributed by atoms with Crippen molar-refractivity contribution in [3.8, 4) is 0 Å². The van der Waals surface area contributed by atoms with Crippen LogP contribution in [0.5, 0.6) is 0 Å². The Hall–Kier alpha value is -1.07. The van der Waals surface area contributed by atoms with E-state index in [-0.39, 0.29) is 0 Å². The van der Waals surface area contributed by atoms with Gasteiger partial charge in [-0.3, -0.25) is 9.78 Å². The van der Waals surface area contributed by atoms with Gasteiger partial charge in [0.1, 0.15) is 5.25 Å². The van der Waals surface area contributed by atoms with Gasteiger partial charge in [0.05, 0.1) is 5.52 Å². The third-order valence-electron chi connectivity index (χ3n) is 2.58. The van der Waals surface area contributed by atoms with Gasteiger partial charge in [-0.15, -0.1) is 11.8 Å². The van der Waals surface area contributed by atoms with Gasteiger partial charge in [0.15, 0.2) is 0 Å². The molecule has 3 nitrogen and oxygen atoms in total. The predicted molar refractivity (Wildman–Crippen MR) is 77.0 cm³/mol. The molecule has 0 saturated carbocycles. The van der Waals surface area contributed by atoms with Gasteiger partial charge in [-0.25, -0.2) is 0 Å². The first kappa shape index (κ1) is 13.4. The van der Waals surface area contributed by atoms with E-state index in [1.54, 1.807) is 6.20 Å². The first-order valence-electron chi connectivity index (χ1n) is 5.55. The third kappa shape index (κ3) is 2.84. The molecule has 1 heterocycles. The molecule has 0 aliphatic rings. The maximum Gasteiger partial charge on any atom is 0.316 e. The number of rotatable bonds is 4. The van der Waals surface area contributed by atoms with E-state index in [1.807, 2.05) is 31.2 Å². The lowest BCUT2D eigenvalue weighted by Crippen LogP contribution is -2.14. The highest BCUT2D eigenvalue weighted by atomic mass is 79.9. The Morgan fingerprint density at radius 2 is 2.28 bits per heavy atom. The summed E-state index contributed by atoms with van der Waals surface area (Å²) in [7, 11) is 0. The minimum Gasteiger partial charge on any atom is -0.480 e. The van der Waals surface area contributed by atoms with Gasteiger partial charge in [0, 0.05) is 21.0 Å². The number of carboxylic acid groups (broad SMARTS) is 1. The zero-order valence-electron chi connectivity index (χ0n) is 9.76. The summed E-state index contributed by atoms with van der Waals surface area (Å²) in [4.78, 5) is 16.3. The van der Waals surface area contributed by atoms with Crippen molar-refractivity contribution in [2.45, 2.75) is 23.5 Å². The average Bonchev–Trinajstić information content (AvgIpc) is 2.35. The van der Waals surface area contributed by atoms with E-state index in [4.69, 9.17) is 5.11 Å². The Kier molecular flexibility index (Phi) is 4.24. The van der Waals surface area contributed by atoms with Gasteiger partial charge >= 0.3 is 5.97 Å². The summed E-state index contributed by atoms with van der Waals surface area (Å²) in [6.45, 7) is 1.88. The maximum absolute atomic E-state index is 11.1. The molecule has 2 rings (SSSR count). The highest BCUT2D eigenvalue weighted by Crippen LogP contribution is 2.32. The Bertz CT molecular complexity index is 588. The predicted octanol–water partition coefficient (Wildman–Crippen LogP) is 3.95. The number of halogens is 1. The lowest BCUT2D eigenvalue weighted by Gasteiger charge is -2.11.